The fourth-order valence-corrected chi connectivity index (χ4v) is 5.77. The zero-order valence-electron chi connectivity index (χ0n) is 13.8. The highest BCUT2D eigenvalue weighted by atomic mass is 32.2. The summed E-state index contributed by atoms with van der Waals surface area (Å²) in [5.41, 5.74) is 6.55. The Labute approximate surface area is 131 Å². The molecular formula is C17H33NO2S. The third kappa shape index (κ3) is 4.69. The summed E-state index contributed by atoms with van der Waals surface area (Å²) in [5.74, 6) is 1.96. The predicted octanol–water partition coefficient (Wildman–Crippen LogP) is 3.52. The summed E-state index contributed by atoms with van der Waals surface area (Å²) < 4.78 is 23.6. The van der Waals surface area contributed by atoms with Crippen LogP contribution in [0.3, 0.4) is 0 Å². The van der Waals surface area contributed by atoms with Gasteiger partial charge in [0.1, 0.15) is 9.84 Å². The van der Waals surface area contributed by atoms with Crippen LogP contribution in [0.25, 0.3) is 0 Å². The van der Waals surface area contributed by atoms with E-state index in [0.717, 1.165) is 31.6 Å². The van der Waals surface area contributed by atoms with Crippen LogP contribution in [-0.2, 0) is 9.84 Å². The second kappa shape index (κ2) is 7.45. The van der Waals surface area contributed by atoms with E-state index in [2.05, 4.69) is 6.92 Å². The molecular weight excluding hydrogens is 282 g/mol. The molecule has 0 spiro atoms. The van der Waals surface area contributed by atoms with E-state index in [1.165, 1.54) is 44.8 Å². The number of rotatable bonds is 5. The lowest BCUT2D eigenvalue weighted by Gasteiger charge is -2.39. The van der Waals surface area contributed by atoms with Gasteiger partial charge in [0.15, 0.2) is 0 Å². The van der Waals surface area contributed by atoms with Crippen LogP contribution in [0.5, 0.6) is 0 Å². The molecule has 2 saturated carbocycles. The van der Waals surface area contributed by atoms with Crippen LogP contribution < -0.4 is 5.73 Å². The first-order chi connectivity index (χ1) is 9.91. The van der Waals surface area contributed by atoms with Crippen LogP contribution in [0, 0.1) is 17.8 Å². The lowest BCUT2D eigenvalue weighted by Crippen LogP contribution is -2.43. The molecule has 0 bridgehead atoms. The fraction of sp³-hybridized carbons (Fsp3) is 1.00. The molecule has 2 fully saturated rings. The Morgan fingerprint density at radius 1 is 1.05 bits per heavy atom. The minimum absolute atomic E-state index is 0.140. The third-order valence-corrected chi connectivity index (χ3v) is 7.59. The van der Waals surface area contributed by atoms with Gasteiger partial charge in [0.05, 0.1) is 5.25 Å². The molecule has 0 saturated heterocycles. The van der Waals surface area contributed by atoms with Gasteiger partial charge in [-0.05, 0) is 49.9 Å². The van der Waals surface area contributed by atoms with E-state index in [1.54, 1.807) is 0 Å². The van der Waals surface area contributed by atoms with Crippen molar-refractivity contribution in [3.05, 3.63) is 0 Å². The van der Waals surface area contributed by atoms with Crippen LogP contribution in [-0.4, -0.2) is 26.0 Å². The largest absolute Gasteiger partial charge is 0.327 e. The smallest absolute Gasteiger partial charge is 0.150 e. The molecule has 0 aromatic rings. The van der Waals surface area contributed by atoms with E-state index in [4.69, 9.17) is 5.73 Å². The summed E-state index contributed by atoms with van der Waals surface area (Å²) in [7, 11) is -2.89. The van der Waals surface area contributed by atoms with E-state index in [1.807, 2.05) is 0 Å². The number of sulfone groups is 1. The summed E-state index contributed by atoms with van der Waals surface area (Å²) in [6.07, 6.45) is 13.0. The first-order valence-electron chi connectivity index (χ1n) is 8.86. The average molecular weight is 316 g/mol. The number of hydrogen-bond donors (Lipinski definition) is 1. The van der Waals surface area contributed by atoms with Gasteiger partial charge in [0, 0.05) is 12.3 Å². The van der Waals surface area contributed by atoms with Gasteiger partial charge in [-0.15, -0.1) is 0 Å². The summed E-state index contributed by atoms with van der Waals surface area (Å²) in [6, 6.07) is 0.220. The lowest BCUT2D eigenvalue weighted by atomic mass is 9.71. The Bertz CT molecular complexity index is 413. The first-order valence-corrected chi connectivity index (χ1v) is 10.8. The summed E-state index contributed by atoms with van der Waals surface area (Å²) in [6.45, 7) is 2.27. The molecule has 0 radical (unpaired) electrons. The standard InChI is InChI=1S/C17H33NO2S/c1-3-5-13-8-10-14(11-9-13)17(18)15-6-4-7-16(12-15)21(2,19)20/h13-17H,3-12,18H2,1-2H3. The molecule has 124 valence electrons. The summed E-state index contributed by atoms with van der Waals surface area (Å²) in [4.78, 5) is 0. The van der Waals surface area contributed by atoms with Crippen LogP contribution in [0.15, 0.2) is 0 Å². The normalized spacial score (nSPS) is 36.3. The van der Waals surface area contributed by atoms with Crippen molar-refractivity contribution in [3.8, 4) is 0 Å². The minimum Gasteiger partial charge on any atom is -0.327 e. The van der Waals surface area contributed by atoms with Gasteiger partial charge in [-0.2, -0.15) is 0 Å². The zero-order chi connectivity index (χ0) is 15.5. The molecule has 0 amide bonds. The van der Waals surface area contributed by atoms with Crippen LogP contribution in [0.2, 0.25) is 0 Å². The Kier molecular flexibility index (Phi) is 6.13. The molecule has 0 aromatic heterocycles. The quantitative estimate of drug-likeness (QED) is 0.844. The van der Waals surface area contributed by atoms with Crippen molar-refractivity contribution in [1.82, 2.24) is 0 Å². The molecule has 3 atom stereocenters. The fourth-order valence-electron chi connectivity index (χ4n) is 4.57. The van der Waals surface area contributed by atoms with Gasteiger partial charge in [-0.1, -0.05) is 39.0 Å². The van der Waals surface area contributed by atoms with Gasteiger partial charge in [-0.25, -0.2) is 8.42 Å². The molecule has 0 aliphatic heterocycles. The van der Waals surface area contributed by atoms with Crippen molar-refractivity contribution in [2.24, 2.45) is 23.5 Å². The Balaban J connectivity index is 1.87. The van der Waals surface area contributed by atoms with Gasteiger partial charge < -0.3 is 5.73 Å². The van der Waals surface area contributed by atoms with Gasteiger partial charge >= 0.3 is 0 Å². The predicted molar refractivity (Wildman–Crippen MR) is 88.9 cm³/mol. The SMILES string of the molecule is CCCC1CCC(C(N)C2CCCC(S(C)(=O)=O)C2)CC1. The van der Waals surface area contributed by atoms with E-state index in [-0.39, 0.29) is 11.3 Å². The molecule has 21 heavy (non-hydrogen) atoms. The maximum atomic E-state index is 11.8. The summed E-state index contributed by atoms with van der Waals surface area (Å²) in [5, 5.41) is -0.140. The van der Waals surface area contributed by atoms with Gasteiger partial charge in [0.2, 0.25) is 0 Å². The van der Waals surface area contributed by atoms with Crippen LogP contribution in [0.4, 0.5) is 0 Å². The highest BCUT2D eigenvalue weighted by Gasteiger charge is 2.35. The van der Waals surface area contributed by atoms with Crippen molar-refractivity contribution in [3.63, 3.8) is 0 Å². The lowest BCUT2D eigenvalue weighted by molar-refractivity contribution is 0.176. The molecule has 0 aromatic carbocycles. The molecule has 3 unspecified atom stereocenters. The zero-order valence-corrected chi connectivity index (χ0v) is 14.6. The van der Waals surface area contributed by atoms with Crippen molar-refractivity contribution < 1.29 is 8.42 Å². The highest BCUT2D eigenvalue weighted by Crippen LogP contribution is 2.38. The maximum absolute atomic E-state index is 11.8. The third-order valence-electron chi connectivity index (χ3n) is 5.95. The molecule has 2 aliphatic rings. The topological polar surface area (TPSA) is 60.2 Å². The second-order valence-corrected chi connectivity index (χ2v) is 9.85. The molecule has 0 heterocycles. The maximum Gasteiger partial charge on any atom is 0.150 e. The van der Waals surface area contributed by atoms with Crippen LogP contribution in [0.1, 0.15) is 71.1 Å². The Hall–Kier alpha value is -0.0900. The van der Waals surface area contributed by atoms with Gasteiger partial charge in [-0.3, -0.25) is 0 Å². The van der Waals surface area contributed by atoms with Crippen LogP contribution >= 0.6 is 0 Å². The molecule has 3 nitrogen and oxygen atoms in total. The van der Waals surface area contributed by atoms with E-state index in [9.17, 15) is 8.42 Å². The number of nitrogens with two attached hydrogens (primary N) is 1. The van der Waals surface area contributed by atoms with Crippen molar-refractivity contribution in [2.45, 2.75) is 82.4 Å². The average Bonchev–Trinajstić information content (AvgIpc) is 2.47. The van der Waals surface area contributed by atoms with Crippen molar-refractivity contribution in [2.75, 3.05) is 6.26 Å². The first kappa shape index (κ1) is 17.3. The molecule has 2 aliphatic carbocycles. The van der Waals surface area contributed by atoms with E-state index < -0.39 is 9.84 Å². The van der Waals surface area contributed by atoms with E-state index >= 15 is 0 Å². The number of hydrogen-bond acceptors (Lipinski definition) is 3. The Morgan fingerprint density at radius 3 is 2.29 bits per heavy atom. The minimum atomic E-state index is -2.89. The summed E-state index contributed by atoms with van der Waals surface area (Å²) >= 11 is 0. The van der Waals surface area contributed by atoms with Crippen molar-refractivity contribution >= 4 is 9.84 Å². The monoisotopic (exact) mass is 315 g/mol. The molecule has 2 rings (SSSR count). The highest BCUT2D eigenvalue weighted by molar-refractivity contribution is 7.91. The van der Waals surface area contributed by atoms with Gasteiger partial charge in [0.25, 0.3) is 0 Å². The molecule has 2 N–H and O–H groups in total. The Morgan fingerprint density at radius 2 is 1.71 bits per heavy atom. The molecule has 4 heteroatoms. The van der Waals surface area contributed by atoms with E-state index in [0.29, 0.717) is 11.8 Å². The van der Waals surface area contributed by atoms with Crippen molar-refractivity contribution in [1.29, 1.82) is 0 Å². The second-order valence-electron chi connectivity index (χ2n) is 7.53.